The molecule has 1 spiro atoms. The molecule has 6 heteroatoms. The number of anilines is 1. The van der Waals surface area contributed by atoms with Crippen LogP contribution in [0.4, 0.5) is 10.1 Å². The van der Waals surface area contributed by atoms with Gasteiger partial charge in [0.25, 0.3) is 5.79 Å². The number of nitrogens with one attached hydrogen (secondary N) is 2. The Balaban J connectivity index is 1.32. The smallest absolute Gasteiger partial charge is 0.251 e. The van der Waals surface area contributed by atoms with E-state index in [0.29, 0.717) is 11.4 Å². The molecular weight excluding hydrogens is 359 g/mol. The fraction of sp³-hybridized carbons (Fsp3) is 0.409. The molecule has 1 saturated carbocycles. The highest BCUT2D eigenvalue weighted by Crippen LogP contribution is 2.46. The second-order valence-corrected chi connectivity index (χ2v) is 7.54. The molecule has 1 atom stereocenters. The molecule has 1 fully saturated rings. The summed E-state index contributed by atoms with van der Waals surface area (Å²) in [5, 5.41) is 6.03. The maximum atomic E-state index is 13.0. The van der Waals surface area contributed by atoms with Gasteiger partial charge in [-0.3, -0.25) is 4.79 Å². The first-order chi connectivity index (χ1) is 13.5. The van der Waals surface area contributed by atoms with Crippen molar-refractivity contribution in [1.82, 2.24) is 5.32 Å². The Morgan fingerprint density at radius 2 is 1.79 bits per heavy atom. The van der Waals surface area contributed by atoms with Crippen molar-refractivity contribution in [2.75, 3.05) is 11.9 Å². The number of amides is 1. The van der Waals surface area contributed by atoms with Crippen molar-refractivity contribution in [3.63, 3.8) is 0 Å². The molecule has 2 N–H and O–H groups in total. The van der Waals surface area contributed by atoms with E-state index in [1.807, 2.05) is 25.1 Å². The Bertz CT molecular complexity index is 847. The lowest BCUT2D eigenvalue weighted by atomic mass is 9.94. The van der Waals surface area contributed by atoms with Gasteiger partial charge in [-0.1, -0.05) is 18.6 Å². The quantitative estimate of drug-likeness (QED) is 0.794. The Morgan fingerprint density at radius 1 is 1.07 bits per heavy atom. The molecule has 1 aliphatic carbocycles. The first-order valence-electron chi connectivity index (χ1n) is 9.84. The molecule has 5 nitrogen and oxygen atoms in total. The molecule has 1 amide bonds. The third kappa shape index (κ3) is 4.12. The van der Waals surface area contributed by atoms with Crippen LogP contribution in [0, 0.1) is 5.82 Å². The van der Waals surface area contributed by atoms with Crippen LogP contribution in [0.15, 0.2) is 42.5 Å². The Morgan fingerprint density at radius 3 is 2.54 bits per heavy atom. The standard InChI is InChI=1S/C22H25FN2O3/c1-15(16-5-7-17(23)8-6-16)24-14-21(26)25-18-9-10-19-20(13-18)28-22(27-19)11-3-2-4-12-22/h5-10,13,15,24H,2-4,11-12,14H2,1H3,(H,25,26)/t15-/m0/s1. The number of hydrogen-bond acceptors (Lipinski definition) is 4. The van der Waals surface area contributed by atoms with Crippen molar-refractivity contribution in [3.8, 4) is 11.5 Å². The monoisotopic (exact) mass is 384 g/mol. The SMILES string of the molecule is C[C@H](NCC(=O)Nc1ccc2c(c1)OC1(CCCCC1)O2)c1ccc(F)cc1. The van der Waals surface area contributed by atoms with Gasteiger partial charge in [0.15, 0.2) is 11.5 Å². The topological polar surface area (TPSA) is 59.6 Å². The summed E-state index contributed by atoms with van der Waals surface area (Å²) in [7, 11) is 0. The van der Waals surface area contributed by atoms with E-state index in [2.05, 4.69) is 10.6 Å². The lowest BCUT2D eigenvalue weighted by Crippen LogP contribution is -2.40. The molecule has 2 aromatic carbocycles. The third-order valence-corrected chi connectivity index (χ3v) is 5.37. The fourth-order valence-electron chi connectivity index (χ4n) is 3.79. The van der Waals surface area contributed by atoms with Gasteiger partial charge in [-0.05, 0) is 49.6 Å². The minimum atomic E-state index is -0.518. The van der Waals surface area contributed by atoms with Crippen LogP contribution in [0.25, 0.3) is 0 Å². The molecular formula is C22H25FN2O3. The summed E-state index contributed by atoms with van der Waals surface area (Å²) in [4.78, 5) is 12.3. The molecule has 0 aromatic heterocycles. The van der Waals surface area contributed by atoms with Crippen LogP contribution in [0.3, 0.4) is 0 Å². The zero-order chi connectivity index (χ0) is 19.6. The number of ether oxygens (including phenoxy) is 2. The van der Waals surface area contributed by atoms with E-state index in [0.717, 1.165) is 37.0 Å². The number of rotatable bonds is 5. The van der Waals surface area contributed by atoms with E-state index < -0.39 is 5.79 Å². The molecule has 0 radical (unpaired) electrons. The Labute approximate surface area is 164 Å². The van der Waals surface area contributed by atoms with Crippen LogP contribution < -0.4 is 20.1 Å². The summed E-state index contributed by atoms with van der Waals surface area (Å²) < 4.78 is 25.2. The minimum absolute atomic E-state index is 0.0609. The largest absolute Gasteiger partial charge is 0.448 e. The molecule has 28 heavy (non-hydrogen) atoms. The highest BCUT2D eigenvalue weighted by molar-refractivity contribution is 5.92. The average Bonchev–Trinajstić information content (AvgIpc) is 3.03. The predicted molar refractivity (Wildman–Crippen MR) is 105 cm³/mol. The molecule has 1 heterocycles. The van der Waals surface area contributed by atoms with Gasteiger partial charge in [-0.25, -0.2) is 4.39 Å². The lowest BCUT2D eigenvalue weighted by Gasteiger charge is -2.31. The van der Waals surface area contributed by atoms with Gasteiger partial charge in [-0.2, -0.15) is 0 Å². The average molecular weight is 384 g/mol. The molecule has 148 valence electrons. The first-order valence-corrected chi connectivity index (χ1v) is 9.84. The Kier molecular flexibility index (Phi) is 5.22. The minimum Gasteiger partial charge on any atom is -0.448 e. The second-order valence-electron chi connectivity index (χ2n) is 7.54. The molecule has 2 aliphatic rings. The highest BCUT2D eigenvalue weighted by atomic mass is 19.1. The lowest BCUT2D eigenvalue weighted by molar-refractivity contribution is -0.115. The van der Waals surface area contributed by atoms with E-state index in [9.17, 15) is 9.18 Å². The van der Waals surface area contributed by atoms with Crippen molar-refractivity contribution in [2.24, 2.45) is 0 Å². The number of fused-ring (bicyclic) bond motifs is 1. The van der Waals surface area contributed by atoms with Gasteiger partial charge in [0.1, 0.15) is 5.82 Å². The van der Waals surface area contributed by atoms with E-state index in [4.69, 9.17) is 9.47 Å². The number of carbonyl (C=O) groups excluding carboxylic acids is 1. The summed E-state index contributed by atoms with van der Waals surface area (Å²) in [6.07, 6.45) is 5.23. The van der Waals surface area contributed by atoms with Crippen molar-refractivity contribution in [3.05, 3.63) is 53.8 Å². The summed E-state index contributed by atoms with van der Waals surface area (Å²) in [5.74, 6) is 0.483. The maximum absolute atomic E-state index is 13.0. The summed E-state index contributed by atoms with van der Waals surface area (Å²) >= 11 is 0. The van der Waals surface area contributed by atoms with Crippen LogP contribution in [0.2, 0.25) is 0 Å². The van der Waals surface area contributed by atoms with Gasteiger partial charge in [0.05, 0.1) is 6.54 Å². The Hall–Kier alpha value is -2.60. The number of carbonyl (C=O) groups is 1. The van der Waals surface area contributed by atoms with E-state index >= 15 is 0 Å². The molecule has 0 bridgehead atoms. The number of hydrogen-bond donors (Lipinski definition) is 2. The first kappa shape index (κ1) is 18.7. The highest BCUT2D eigenvalue weighted by Gasteiger charge is 2.42. The molecule has 4 rings (SSSR count). The van der Waals surface area contributed by atoms with E-state index in [1.54, 1.807) is 12.1 Å². The summed E-state index contributed by atoms with van der Waals surface area (Å²) in [6.45, 7) is 2.08. The predicted octanol–water partition coefficient (Wildman–Crippen LogP) is 4.55. The third-order valence-electron chi connectivity index (χ3n) is 5.37. The van der Waals surface area contributed by atoms with Crippen LogP contribution in [0.5, 0.6) is 11.5 Å². The van der Waals surface area contributed by atoms with Crippen molar-refractivity contribution >= 4 is 11.6 Å². The van der Waals surface area contributed by atoms with Gasteiger partial charge in [0, 0.05) is 30.6 Å². The van der Waals surface area contributed by atoms with Gasteiger partial charge < -0.3 is 20.1 Å². The van der Waals surface area contributed by atoms with Crippen LogP contribution in [-0.4, -0.2) is 18.2 Å². The van der Waals surface area contributed by atoms with Crippen molar-refractivity contribution < 1.29 is 18.7 Å². The second kappa shape index (κ2) is 7.80. The van der Waals surface area contributed by atoms with Crippen molar-refractivity contribution in [2.45, 2.75) is 50.9 Å². The van der Waals surface area contributed by atoms with Gasteiger partial charge >= 0.3 is 0 Å². The normalized spacial score (nSPS) is 18.1. The molecule has 0 unspecified atom stereocenters. The van der Waals surface area contributed by atoms with Gasteiger partial charge in [-0.15, -0.1) is 0 Å². The van der Waals surface area contributed by atoms with Crippen LogP contribution >= 0.6 is 0 Å². The zero-order valence-electron chi connectivity index (χ0n) is 16.0. The fourth-order valence-corrected chi connectivity index (χ4v) is 3.79. The van der Waals surface area contributed by atoms with Crippen LogP contribution in [-0.2, 0) is 4.79 Å². The summed E-state index contributed by atoms with van der Waals surface area (Å²) in [5.41, 5.74) is 1.60. The van der Waals surface area contributed by atoms with Crippen LogP contribution in [0.1, 0.15) is 50.6 Å². The summed E-state index contributed by atoms with van der Waals surface area (Å²) in [6, 6.07) is 11.7. The zero-order valence-corrected chi connectivity index (χ0v) is 16.0. The maximum Gasteiger partial charge on any atom is 0.251 e. The van der Waals surface area contributed by atoms with E-state index in [-0.39, 0.29) is 24.3 Å². The number of halogens is 1. The molecule has 1 aliphatic heterocycles. The molecule has 0 saturated heterocycles. The number of benzene rings is 2. The van der Waals surface area contributed by atoms with E-state index in [1.165, 1.54) is 18.6 Å². The molecule has 2 aromatic rings. The van der Waals surface area contributed by atoms with Crippen molar-refractivity contribution in [1.29, 1.82) is 0 Å². The van der Waals surface area contributed by atoms with Gasteiger partial charge in [0.2, 0.25) is 5.91 Å².